The molecule has 1 saturated heterocycles. The Morgan fingerprint density at radius 3 is 2.71 bits per heavy atom. The molecule has 0 aliphatic carbocycles. The number of Topliss-reactive ketones (excluding diaryl/α,β-unsaturated/α-hetero) is 2. The van der Waals surface area contributed by atoms with Crippen LogP contribution in [-0.4, -0.2) is 49.6 Å². The van der Waals surface area contributed by atoms with Gasteiger partial charge in [0.1, 0.15) is 18.1 Å². The molecule has 2 rings (SSSR count). The Bertz CT molecular complexity index is 771. The number of hydrogen-bond acceptors (Lipinski definition) is 7. The number of ketones is 2. The number of carbonyl (C=O) groups excluding carboxylic acids is 2. The highest BCUT2D eigenvalue weighted by molar-refractivity contribution is 14.1. The first-order chi connectivity index (χ1) is 11.2. The van der Waals surface area contributed by atoms with Crippen LogP contribution in [-0.2, 0) is 14.3 Å². The lowest BCUT2D eigenvalue weighted by atomic mass is 9.87. The average molecular weight is 452 g/mol. The van der Waals surface area contributed by atoms with Crippen molar-refractivity contribution in [2.24, 2.45) is 0 Å². The van der Waals surface area contributed by atoms with Crippen LogP contribution >= 0.6 is 22.6 Å². The number of carbonyl (C=O) groups is 2. The zero-order valence-corrected chi connectivity index (χ0v) is 15.0. The Morgan fingerprint density at radius 2 is 2.12 bits per heavy atom. The molecule has 1 fully saturated rings. The van der Waals surface area contributed by atoms with Gasteiger partial charge in [-0.05, 0) is 29.5 Å². The molecule has 3 atom stereocenters. The van der Waals surface area contributed by atoms with Gasteiger partial charge in [-0.2, -0.15) is 0 Å². The van der Waals surface area contributed by atoms with E-state index in [-0.39, 0.29) is 28.6 Å². The van der Waals surface area contributed by atoms with E-state index in [1.807, 2.05) is 0 Å². The van der Waals surface area contributed by atoms with Crippen LogP contribution in [0.5, 0.6) is 0 Å². The normalized spacial score (nSPS) is 26.5. The molecule has 1 aromatic heterocycles. The lowest BCUT2D eigenvalue weighted by molar-refractivity contribution is -0.147. The molecule has 0 radical (unpaired) electrons. The van der Waals surface area contributed by atoms with Crippen LogP contribution in [0, 0.1) is 3.57 Å². The summed E-state index contributed by atoms with van der Waals surface area (Å²) in [5.41, 5.74) is -3.31. The predicted octanol–water partition coefficient (Wildman–Crippen LogP) is -0.910. The summed E-state index contributed by atoms with van der Waals surface area (Å²) in [6.45, 7) is 0.699. The molecule has 132 valence electrons. The molecule has 3 N–H and O–H groups in total. The summed E-state index contributed by atoms with van der Waals surface area (Å²) in [5.74, 6) is -0.833. The van der Waals surface area contributed by atoms with Gasteiger partial charge in [0, 0.05) is 25.5 Å². The second kappa shape index (κ2) is 7.25. The van der Waals surface area contributed by atoms with Crippen LogP contribution < -0.4 is 11.2 Å². The Hall–Kier alpha value is -1.37. The third kappa shape index (κ3) is 3.66. The minimum Gasteiger partial charge on any atom is -0.394 e. The number of H-pyrrole nitrogens is 1. The summed E-state index contributed by atoms with van der Waals surface area (Å²) in [7, 11) is 0. The van der Waals surface area contributed by atoms with E-state index in [0.29, 0.717) is 0 Å². The van der Waals surface area contributed by atoms with E-state index in [1.54, 1.807) is 22.6 Å². The lowest BCUT2D eigenvalue weighted by Gasteiger charge is -2.25. The van der Waals surface area contributed by atoms with Crippen molar-refractivity contribution in [2.75, 3.05) is 6.61 Å². The van der Waals surface area contributed by atoms with Crippen molar-refractivity contribution in [1.82, 2.24) is 9.55 Å². The molecular formula is C14H17IN2O7. The number of hydrogen-bond donors (Lipinski definition) is 3. The highest BCUT2D eigenvalue weighted by Crippen LogP contribution is 2.37. The molecule has 2 heterocycles. The fraction of sp³-hybridized carbons (Fsp3) is 0.571. The maximum Gasteiger partial charge on any atom is 0.330 e. The van der Waals surface area contributed by atoms with Gasteiger partial charge in [0.2, 0.25) is 0 Å². The molecule has 9 nitrogen and oxygen atoms in total. The molecule has 1 aliphatic rings. The second-order valence-corrected chi connectivity index (χ2v) is 6.82. The average Bonchev–Trinajstić information content (AvgIpc) is 2.86. The van der Waals surface area contributed by atoms with E-state index in [0.717, 1.165) is 4.57 Å². The van der Waals surface area contributed by atoms with Crippen molar-refractivity contribution in [3.63, 3.8) is 0 Å². The monoisotopic (exact) mass is 452 g/mol. The quantitative estimate of drug-likeness (QED) is 0.475. The first-order valence-electron chi connectivity index (χ1n) is 7.21. The van der Waals surface area contributed by atoms with Crippen LogP contribution in [0.3, 0.4) is 0 Å². The molecular weight excluding hydrogens is 435 g/mol. The summed E-state index contributed by atoms with van der Waals surface area (Å²) in [4.78, 5) is 48.8. The van der Waals surface area contributed by atoms with Crippen LogP contribution in [0.4, 0.5) is 0 Å². The fourth-order valence-electron chi connectivity index (χ4n) is 2.58. The minimum atomic E-state index is -2.00. The fourth-order valence-corrected chi connectivity index (χ4v) is 3.01. The van der Waals surface area contributed by atoms with E-state index < -0.39 is 41.6 Å². The molecule has 0 unspecified atom stereocenters. The summed E-state index contributed by atoms with van der Waals surface area (Å²) in [6.07, 6.45) is -1.47. The van der Waals surface area contributed by atoms with Crippen molar-refractivity contribution < 1.29 is 24.5 Å². The summed E-state index contributed by atoms with van der Waals surface area (Å²) in [6, 6.07) is 0. The maximum absolute atomic E-state index is 12.3. The van der Waals surface area contributed by atoms with E-state index in [2.05, 4.69) is 4.98 Å². The Balaban J connectivity index is 2.30. The molecule has 1 aromatic rings. The third-order valence-electron chi connectivity index (χ3n) is 3.93. The minimum absolute atomic E-state index is 0.0273. The molecule has 1 aliphatic heterocycles. The molecule has 24 heavy (non-hydrogen) atoms. The number of ether oxygens (including phenoxy) is 1. The molecule has 0 saturated carbocycles. The number of rotatable bonds is 6. The standard InChI is InChI=1S/C14H17IN2O7/c1-7(19)2-3-9(20)14(23)4-11(24-10(14)6-18)17-5-8(15)12(21)16-13(17)22/h5,10-11,18,23H,2-4,6H2,1H3,(H,16,21,22)/t10-,11-,14-/m1/s1. The van der Waals surface area contributed by atoms with Gasteiger partial charge in [0.15, 0.2) is 11.4 Å². The highest BCUT2D eigenvalue weighted by atomic mass is 127. The number of aliphatic hydroxyl groups excluding tert-OH is 1. The third-order valence-corrected chi connectivity index (χ3v) is 4.70. The van der Waals surface area contributed by atoms with Crippen molar-refractivity contribution in [2.45, 2.75) is 44.1 Å². The van der Waals surface area contributed by atoms with Gasteiger partial charge in [-0.3, -0.25) is 19.1 Å². The number of aromatic nitrogens is 2. The summed E-state index contributed by atoms with van der Waals surface area (Å²) >= 11 is 1.74. The van der Waals surface area contributed by atoms with E-state index in [4.69, 9.17) is 4.74 Å². The first-order valence-corrected chi connectivity index (χ1v) is 8.29. The first kappa shape index (κ1) is 19.0. The topological polar surface area (TPSA) is 139 Å². The highest BCUT2D eigenvalue weighted by Gasteiger charge is 2.52. The molecule has 0 aromatic carbocycles. The largest absolute Gasteiger partial charge is 0.394 e. The number of aliphatic hydroxyl groups is 2. The summed E-state index contributed by atoms with van der Waals surface area (Å²) in [5, 5.41) is 20.1. The molecule has 10 heteroatoms. The Labute approximate surface area is 149 Å². The number of nitrogens with zero attached hydrogens (tertiary/aromatic N) is 1. The maximum atomic E-state index is 12.3. The van der Waals surface area contributed by atoms with Gasteiger partial charge in [0.25, 0.3) is 5.56 Å². The molecule has 0 amide bonds. The van der Waals surface area contributed by atoms with Crippen molar-refractivity contribution in [1.29, 1.82) is 0 Å². The van der Waals surface area contributed by atoms with Gasteiger partial charge in [0.05, 0.1) is 10.2 Å². The summed E-state index contributed by atoms with van der Waals surface area (Å²) < 4.78 is 6.74. The van der Waals surface area contributed by atoms with Crippen molar-refractivity contribution in [3.05, 3.63) is 30.6 Å². The van der Waals surface area contributed by atoms with Crippen molar-refractivity contribution in [3.8, 4) is 0 Å². The van der Waals surface area contributed by atoms with Crippen LogP contribution in [0.15, 0.2) is 15.8 Å². The second-order valence-electron chi connectivity index (χ2n) is 5.66. The number of nitrogens with one attached hydrogen (secondary N) is 1. The van der Waals surface area contributed by atoms with Crippen molar-refractivity contribution >= 4 is 34.2 Å². The van der Waals surface area contributed by atoms with Crippen LogP contribution in [0.25, 0.3) is 0 Å². The van der Waals surface area contributed by atoms with E-state index in [9.17, 15) is 29.4 Å². The number of halogens is 1. The smallest absolute Gasteiger partial charge is 0.330 e. The molecule has 0 spiro atoms. The van der Waals surface area contributed by atoms with Gasteiger partial charge in [-0.1, -0.05) is 0 Å². The SMILES string of the molecule is CC(=O)CCC(=O)[C@]1(O)C[C@H](n2cc(I)c(=O)[nH]c2=O)O[C@@H]1CO. The zero-order valence-electron chi connectivity index (χ0n) is 12.8. The van der Waals surface area contributed by atoms with E-state index >= 15 is 0 Å². The van der Waals surface area contributed by atoms with Gasteiger partial charge in [-0.15, -0.1) is 0 Å². The zero-order chi connectivity index (χ0) is 18.1. The lowest BCUT2D eigenvalue weighted by Crippen LogP contribution is -2.48. The Morgan fingerprint density at radius 1 is 1.46 bits per heavy atom. The number of aromatic amines is 1. The van der Waals surface area contributed by atoms with Gasteiger partial charge >= 0.3 is 5.69 Å². The Kier molecular flexibility index (Phi) is 5.73. The van der Waals surface area contributed by atoms with Crippen LogP contribution in [0.1, 0.15) is 32.4 Å². The van der Waals surface area contributed by atoms with Crippen LogP contribution in [0.2, 0.25) is 0 Å². The molecule has 0 bridgehead atoms. The van der Waals surface area contributed by atoms with Gasteiger partial charge < -0.3 is 19.7 Å². The van der Waals surface area contributed by atoms with E-state index in [1.165, 1.54) is 13.1 Å². The van der Waals surface area contributed by atoms with Gasteiger partial charge in [-0.25, -0.2) is 4.79 Å². The predicted molar refractivity (Wildman–Crippen MR) is 89.5 cm³/mol.